The SMILES string of the molecule is C#CCN(C)CC1CCCO1. The maximum atomic E-state index is 5.46. The second kappa shape index (κ2) is 4.38. The number of likely N-dealkylation sites (N-methyl/N-ethyl adjacent to an activating group) is 1. The molecule has 0 aromatic rings. The second-order valence-electron chi connectivity index (χ2n) is 3.04. The molecule has 0 aliphatic carbocycles. The molecule has 0 bridgehead atoms. The molecule has 0 amide bonds. The van der Waals surface area contributed by atoms with E-state index >= 15 is 0 Å². The molecule has 0 N–H and O–H groups in total. The molecule has 1 aliphatic rings. The van der Waals surface area contributed by atoms with Crippen molar-refractivity contribution in [3.8, 4) is 12.3 Å². The summed E-state index contributed by atoms with van der Waals surface area (Å²) in [5.41, 5.74) is 0. The predicted octanol–water partition coefficient (Wildman–Crippen LogP) is 0.730. The summed E-state index contributed by atoms with van der Waals surface area (Å²) in [6, 6.07) is 0. The van der Waals surface area contributed by atoms with E-state index in [0.717, 1.165) is 19.7 Å². The molecule has 1 rings (SSSR count). The van der Waals surface area contributed by atoms with Crippen molar-refractivity contribution in [3.63, 3.8) is 0 Å². The van der Waals surface area contributed by atoms with Gasteiger partial charge in [0.05, 0.1) is 12.6 Å². The van der Waals surface area contributed by atoms with Crippen LogP contribution in [0.5, 0.6) is 0 Å². The Morgan fingerprint density at radius 2 is 2.55 bits per heavy atom. The summed E-state index contributed by atoms with van der Waals surface area (Å²) in [4.78, 5) is 2.12. The summed E-state index contributed by atoms with van der Waals surface area (Å²) < 4.78 is 5.46. The van der Waals surface area contributed by atoms with Crippen LogP contribution in [0.3, 0.4) is 0 Å². The van der Waals surface area contributed by atoms with Gasteiger partial charge in [-0.2, -0.15) is 0 Å². The zero-order valence-electron chi connectivity index (χ0n) is 7.05. The molecule has 1 aliphatic heterocycles. The minimum absolute atomic E-state index is 0.424. The Morgan fingerprint density at radius 3 is 3.09 bits per heavy atom. The van der Waals surface area contributed by atoms with Crippen molar-refractivity contribution in [2.24, 2.45) is 0 Å². The van der Waals surface area contributed by atoms with Crippen molar-refractivity contribution in [1.82, 2.24) is 4.90 Å². The summed E-state index contributed by atoms with van der Waals surface area (Å²) in [6.07, 6.45) is 7.99. The Bertz CT molecular complexity index is 144. The van der Waals surface area contributed by atoms with E-state index in [1.165, 1.54) is 12.8 Å². The summed E-state index contributed by atoms with van der Waals surface area (Å²) >= 11 is 0. The van der Waals surface area contributed by atoms with Gasteiger partial charge < -0.3 is 4.74 Å². The lowest BCUT2D eigenvalue weighted by atomic mass is 10.2. The molecule has 2 heteroatoms. The number of hydrogen-bond donors (Lipinski definition) is 0. The number of nitrogens with zero attached hydrogens (tertiary/aromatic N) is 1. The first kappa shape index (κ1) is 8.58. The molecule has 1 saturated heterocycles. The molecule has 2 nitrogen and oxygen atoms in total. The number of terminal acetylenes is 1. The summed E-state index contributed by atoms with van der Waals surface area (Å²) in [5.74, 6) is 2.61. The largest absolute Gasteiger partial charge is 0.377 e. The van der Waals surface area contributed by atoms with Crippen molar-refractivity contribution in [2.75, 3.05) is 26.7 Å². The van der Waals surface area contributed by atoms with Gasteiger partial charge in [-0.25, -0.2) is 0 Å². The van der Waals surface area contributed by atoms with E-state index in [-0.39, 0.29) is 0 Å². The average Bonchev–Trinajstić information content (AvgIpc) is 2.40. The lowest BCUT2D eigenvalue weighted by molar-refractivity contribution is 0.0848. The summed E-state index contributed by atoms with van der Waals surface area (Å²) in [6.45, 7) is 2.62. The van der Waals surface area contributed by atoms with Crippen LogP contribution in [0.25, 0.3) is 0 Å². The van der Waals surface area contributed by atoms with Crippen LogP contribution >= 0.6 is 0 Å². The molecule has 1 unspecified atom stereocenters. The lowest BCUT2D eigenvalue weighted by Gasteiger charge is -2.17. The maximum absolute atomic E-state index is 5.46. The van der Waals surface area contributed by atoms with E-state index in [1.54, 1.807) is 0 Å². The van der Waals surface area contributed by atoms with Gasteiger partial charge in [0.25, 0.3) is 0 Å². The van der Waals surface area contributed by atoms with Gasteiger partial charge in [0.1, 0.15) is 0 Å². The first-order valence-electron chi connectivity index (χ1n) is 4.06. The summed E-state index contributed by atoms with van der Waals surface area (Å²) in [7, 11) is 2.03. The first-order chi connectivity index (χ1) is 5.33. The minimum Gasteiger partial charge on any atom is -0.377 e. The van der Waals surface area contributed by atoms with Gasteiger partial charge in [0, 0.05) is 13.2 Å². The fourth-order valence-electron chi connectivity index (χ4n) is 1.36. The van der Waals surface area contributed by atoms with Crippen LogP contribution in [0.15, 0.2) is 0 Å². The number of rotatable bonds is 3. The van der Waals surface area contributed by atoms with Crippen molar-refractivity contribution < 1.29 is 4.74 Å². The Morgan fingerprint density at radius 1 is 1.73 bits per heavy atom. The zero-order valence-corrected chi connectivity index (χ0v) is 7.05. The standard InChI is InChI=1S/C9H15NO/c1-3-6-10(2)8-9-5-4-7-11-9/h1,9H,4-8H2,2H3. The first-order valence-corrected chi connectivity index (χ1v) is 4.06. The van der Waals surface area contributed by atoms with Gasteiger partial charge in [-0.3, -0.25) is 4.90 Å². The zero-order chi connectivity index (χ0) is 8.10. The van der Waals surface area contributed by atoms with Crippen molar-refractivity contribution >= 4 is 0 Å². The molecule has 62 valence electrons. The lowest BCUT2D eigenvalue weighted by Crippen LogP contribution is -2.28. The molecular formula is C9H15NO. The monoisotopic (exact) mass is 153 g/mol. The van der Waals surface area contributed by atoms with E-state index in [0.29, 0.717) is 6.10 Å². The van der Waals surface area contributed by atoms with Gasteiger partial charge in [0.15, 0.2) is 0 Å². The molecule has 1 fully saturated rings. The van der Waals surface area contributed by atoms with Crippen LogP contribution in [0, 0.1) is 12.3 Å². The van der Waals surface area contributed by atoms with Crippen molar-refractivity contribution in [1.29, 1.82) is 0 Å². The highest BCUT2D eigenvalue weighted by molar-refractivity contribution is 4.87. The van der Waals surface area contributed by atoms with Crippen LogP contribution in [0.2, 0.25) is 0 Å². The topological polar surface area (TPSA) is 12.5 Å². The van der Waals surface area contributed by atoms with Gasteiger partial charge in [-0.15, -0.1) is 6.42 Å². The molecule has 0 spiro atoms. The molecule has 0 aromatic carbocycles. The van der Waals surface area contributed by atoms with Crippen molar-refractivity contribution in [3.05, 3.63) is 0 Å². The van der Waals surface area contributed by atoms with E-state index in [2.05, 4.69) is 10.8 Å². The predicted molar refractivity (Wildman–Crippen MR) is 45.3 cm³/mol. The molecule has 1 heterocycles. The molecule has 0 aromatic heterocycles. The second-order valence-corrected chi connectivity index (χ2v) is 3.04. The highest BCUT2D eigenvalue weighted by Crippen LogP contribution is 2.12. The molecule has 1 atom stereocenters. The maximum Gasteiger partial charge on any atom is 0.0703 e. The third-order valence-electron chi connectivity index (χ3n) is 1.90. The Kier molecular flexibility index (Phi) is 3.41. The summed E-state index contributed by atoms with van der Waals surface area (Å²) in [5, 5.41) is 0. The highest BCUT2D eigenvalue weighted by Gasteiger charge is 2.16. The van der Waals surface area contributed by atoms with E-state index < -0.39 is 0 Å². The van der Waals surface area contributed by atoms with E-state index in [4.69, 9.17) is 11.2 Å². The third-order valence-corrected chi connectivity index (χ3v) is 1.90. The Balaban J connectivity index is 2.14. The fourth-order valence-corrected chi connectivity index (χ4v) is 1.36. The van der Waals surface area contributed by atoms with Crippen LogP contribution in [0.1, 0.15) is 12.8 Å². The minimum atomic E-state index is 0.424. The molecule has 11 heavy (non-hydrogen) atoms. The molecule has 0 saturated carbocycles. The third kappa shape index (κ3) is 2.92. The smallest absolute Gasteiger partial charge is 0.0703 e. The van der Waals surface area contributed by atoms with Crippen LogP contribution < -0.4 is 0 Å². The highest BCUT2D eigenvalue weighted by atomic mass is 16.5. The van der Waals surface area contributed by atoms with E-state index in [9.17, 15) is 0 Å². The Labute approximate surface area is 68.5 Å². The fraction of sp³-hybridized carbons (Fsp3) is 0.778. The van der Waals surface area contributed by atoms with Gasteiger partial charge in [-0.05, 0) is 19.9 Å². The number of ether oxygens (including phenoxy) is 1. The molecular weight excluding hydrogens is 138 g/mol. The number of hydrogen-bond acceptors (Lipinski definition) is 2. The molecule has 0 radical (unpaired) electrons. The van der Waals surface area contributed by atoms with Crippen molar-refractivity contribution in [2.45, 2.75) is 18.9 Å². The van der Waals surface area contributed by atoms with Gasteiger partial charge >= 0.3 is 0 Å². The van der Waals surface area contributed by atoms with Crippen LogP contribution in [-0.2, 0) is 4.74 Å². The van der Waals surface area contributed by atoms with Crippen LogP contribution in [0.4, 0.5) is 0 Å². The van der Waals surface area contributed by atoms with E-state index in [1.807, 2.05) is 7.05 Å². The van der Waals surface area contributed by atoms with Crippen LogP contribution in [-0.4, -0.2) is 37.7 Å². The average molecular weight is 153 g/mol. The normalized spacial score (nSPS) is 23.9. The van der Waals surface area contributed by atoms with Gasteiger partial charge in [-0.1, -0.05) is 5.92 Å². The van der Waals surface area contributed by atoms with Gasteiger partial charge in [0.2, 0.25) is 0 Å². The Hall–Kier alpha value is -0.520. The quantitative estimate of drug-likeness (QED) is 0.554.